The molecule has 5 heteroatoms. The monoisotopic (exact) mass is 141 g/mol. The van der Waals surface area contributed by atoms with Crippen molar-refractivity contribution in [3.8, 4) is 0 Å². The fraction of sp³-hybridized carbons (Fsp3) is 0.667. The van der Waals surface area contributed by atoms with Crippen molar-refractivity contribution in [1.29, 1.82) is 0 Å². The number of carbonyl (C=O) groups excluding carboxylic acids is 1. The third-order valence-corrected chi connectivity index (χ3v) is 0.640. The van der Waals surface area contributed by atoms with Crippen molar-refractivity contribution in [2.24, 2.45) is 0 Å². The Balaban J connectivity index is 0. The highest BCUT2D eigenvalue weighted by Gasteiger charge is 1.90. The summed E-state index contributed by atoms with van der Waals surface area (Å²) in [6.07, 6.45) is 0. The van der Waals surface area contributed by atoms with Gasteiger partial charge in [0.15, 0.2) is 0 Å². The summed E-state index contributed by atoms with van der Waals surface area (Å²) in [6.45, 7) is -0.342. The van der Waals surface area contributed by atoms with Crippen molar-refractivity contribution in [2.75, 3.05) is 12.6 Å². The molecule has 0 spiro atoms. The second-order valence-electron chi connectivity index (χ2n) is 0.892. The number of nitrogens with one attached hydrogen (secondary N) is 1. The van der Waals surface area contributed by atoms with Crippen molar-refractivity contribution in [3.63, 3.8) is 0 Å². The fourth-order valence-electron chi connectivity index (χ4n) is 0.135. The molecule has 0 aliphatic rings. The third kappa shape index (κ3) is 5.68. The van der Waals surface area contributed by atoms with Crippen LogP contribution in [0.1, 0.15) is 0 Å². The molecular weight excluding hydrogens is 133 g/mol. The molecule has 1 amide bonds. The molecule has 0 unspecified atom stereocenters. The molecule has 0 aromatic carbocycles. The molecule has 0 bridgehead atoms. The number of aliphatic hydroxyl groups is 1. The Morgan fingerprint density at radius 1 is 1.75 bits per heavy atom. The van der Waals surface area contributed by atoms with Gasteiger partial charge >= 0.3 is 0 Å². The third-order valence-electron chi connectivity index (χ3n) is 0.398. The lowest BCUT2D eigenvalue weighted by Gasteiger charge is -1.91. The maximum absolute atomic E-state index is 10.0. The highest BCUT2D eigenvalue weighted by molar-refractivity contribution is 6.27. The van der Waals surface area contributed by atoms with E-state index in [0.717, 1.165) is 0 Å². The van der Waals surface area contributed by atoms with Crippen LogP contribution in [0.4, 0.5) is 0 Å². The van der Waals surface area contributed by atoms with Crippen LogP contribution in [0.25, 0.3) is 0 Å². The quantitative estimate of drug-likeness (QED) is 0.361. The van der Waals surface area contributed by atoms with E-state index < -0.39 is 0 Å². The Morgan fingerprint density at radius 2 is 2.25 bits per heavy atom. The summed E-state index contributed by atoms with van der Waals surface area (Å²) in [5.41, 5.74) is 0. The van der Waals surface area contributed by atoms with E-state index in [0.29, 0.717) is 0 Å². The van der Waals surface area contributed by atoms with Gasteiger partial charge in [0.2, 0.25) is 5.91 Å². The normalized spacial score (nSPS) is 7.25. The van der Waals surface area contributed by atoms with Gasteiger partial charge < -0.3 is 15.9 Å². The SMILES string of the molecule is O.O=C(CCl)NCO. The van der Waals surface area contributed by atoms with Crippen LogP contribution in [-0.2, 0) is 4.79 Å². The predicted octanol–water partition coefficient (Wildman–Crippen LogP) is -1.53. The molecule has 0 fully saturated rings. The van der Waals surface area contributed by atoms with Gasteiger partial charge in [-0.15, -0.1) is 11.6 Å². The number of hydrogen-bond acceptors (Lipinski definition) is 2. The predicted molar refractivity (Wildman–Crippen MR) is 29.6 cm³/mol. The Hall–Kier alpha value is -0.320. The molecular formula is C3H8ClNO3. The summed E-state index contributed by atoms with van der Waals surface area (Å²) in [4.78, 5) is 10.0. The summed E-state index contributed by atoms with van der Waals surface area (Å²) in [5, 5.41) is 10.1. The first-order chi connectivity index (χ1) is 3.31. The van der Waals surface area contributed by atoms with E-state index in [1.54, 1.807) is 0 Å². The molecule has 0 radical (unpaired) electrons. The first-order valence-corrected chi connectivity index (χ1v) is 2.28. The second kappa shape index (κ2) is 6.68. The van der Waals surface area contributed by atoms with Crippen LogP contribution in [0.15, 0.2) is 0 Å². The lowest BCUT2D eigenvalue weighted by atomic mass is 10.7. The van der Waals surface area contributed by atoms with Gasteiger partial charge in [-0.05, 0) is 0 Å². The lowest BCUT2D eigenvalue weighted by molar-refractivity contribution is -0.119. The number of amides is 1. The van der Waals surface area contributed by atoms with Crippen molar-refractivity contribution < 1.29 is 15.4 Å². The minimum absolute atomic E-state index is 0. The van der Waals surface area contributed by atoms with Crippen molar-refractivity contribution >= 4 is 17.5 Å². The molecule has 0 aromatic rings. The topological polar surface area (TPSA) is 80.8 Å². The number of rotatable bonds is 2. The molecule has 8 heavy (non-hydrogen) atoms. The molecule has 0 saturated heterocycles. The molecule has 0 rings (SSSR count). The van der Waals surface area contributed by atoms with Gasteiger partial charge in [0, 0.05) is 0 Å². The van der Waals surface area contributed by atoms with Gasteiger partial charge in [-0.1, -0.05) is 0 Å². The minimum atomic E-state index is -0.357. The van der Waals surface area contributed by atoms with E-state index in [4.69, 9.17) is 16.7 Å². The zero-order valence-electron chi connectivity index (χ0n) is 4.15. The summed E-state index contributed by atoms with van der Waals surface area (Å²) in [5.74, 6) is -0.454. The van der Waals surface area contributed by atoms with Gasteiger partial charge in [-0.25, -0.2) is 0 Å². The number of hydrogen-bond donors (Lipinski definition) is 2. The minimum Gasteiger partial charge on any atom is -0.412 e. The van der Waals surface area contributed by atoms with E-state index in [1.807, 2.05) is 0 Å². The average molecular weight is 142 g/mol. The van der Waals surface area contributed by atoms with Crippen LogP contribution >= 0.6 is 11.6 Å². The summed E-state index contributed by atoms with van der Waals surface area (Å²) in [6, 6.07) is 0. The Kier molecular flexibility index (Phi) is 8.87. The van der Waals surface area contributed by atoms with Gasteiger partial charge in [0.25, 0.3) is 0 Å². The number of aliphatic hydroxyl groups excluding tert-OH is 1. The van der Waals surface area contributed by atoms with Gasteiger partial charge in [-0.3, -0.25) is 4.79 Å². The Morgan fingerprint density at radius 3 is 2.38 bits per heavy atom. The zero-order valence-corrected chi connectivity index (χ0v) is 4.90. The first-order valence-electron chi connectivity index (χ1n) is 1.74. The van der Waals surface area contributed by atoms with Crippen LogP contribution in [0.2, 0.25) is 0 Å². The van der Waals surface area contributed by atoms with E-state index in [1.165, 1.54) is 0 Å². The van der Waals surface area contributed by atoms with Crippen LogP contribution in [0.3, 0.4) is 0 Å². The number of carbonyl (C=O) groups is 1. The van der Waals surface area contributed by atoms with E-state index in [2.05, 4.69) is 5.32 Å². The standard InChI is InChI=1S/C3H6ClNO2.H2O/c4-1-3(7)5-2-6;/h6H,1-2H2,(H,5,7);1H2. The molecule has 4 nitrogen and oxygen atoms in total. The van der Waals surface area contributed by atoms with Crippen molar-refractivity contribution in [3.05, 3.63) is 0 Å². The molecule has 50 valence electrons. The molecule has 0 aliphatic heterocycles. The fourth-order valence-corrected chi connectivity index (χ4v) is 0.230. The Bertz CT molecular complexity index is 67.5. The Labute approximate surface area is 51.8 Å². The van der Waals surface area contributed by atoms with Gasteiger partial charge in [0.05, 0.1) is 0 Å². The molecule has 0 aliphatic carbocycles. The highest BCUT2D eigenvalue weighted by atomic mass is 35.5. The van der Waals surface area contributed by atoms with Crippen LogP contribution in [0, 0.1) is 0 Å². The molecule has 4 N–H and O–H groups in total. The smallest absolute Gasteiger partial charge is 0.236 e. The van der Waals surface area contributed by atoms with Crippen molar-refractivity contribution in [2.45, 2.75) is 0 Å². The lowest BCUT2D eigenvalue weighted by Crippen LogP contribution is -2.24. The molecule has 0 heterocycles. The maximum Gasteiger partial charge on any atom is 0.236 e. The summed E-state index contributed by atoms with van der Waals surface area (Å²) >= 11 is 5.01. The first kappa shape index (κ1) is 10.6. The maximum atomic E-state index is 10.0. The summed E-state index contributed by atoms with van der Waals surface area (Å²) < 4.78 is 0. The largest absolute Gasteiger partial charge is 0.412 e. The van der Waals surface area contributed by atoms with E-state index >= 15 is 0 Å². The number of alkyl halides is 1. The summed E-state index contributed by atoms with van der Waals surface area (Å²) in [7, 11) is 0. The number of halogens is 1. The van der Waals surface area contributed by atoms with Gasteiger partial charge in [-0.2, -0.15) is 0 Å². The zero-order chi connectivity index (χ0) is 5.70. The van der Waals surface area contributed by atoms with Crippen molar-refractivity contribution in [1.82, 2.24) is 5.32 Å². The molecule has 0 atom stereocenters. The van der Waals surface area contributed by atoms with E-state index in [9.17, 15) is 4.79 Å². The van der Waals surface area contributed by atoms with E-state index in [-0.39, 0.29) is 24.0 Å². The van der Waals surface area contributed by atoms with Crippen LogP contribution in [-0.4, -0.2) is 29.1 Å². The second-order valence-corrected chi connectivity index (χ2v) is 1.16. The van der Waals surface area contributed by atoms with Crippen LogP contribution in [0.5, 0.6) is 0 Å². The molecule has 0 aromatic heterocycles. The molecule has 0 saturated carbocycles. The highest BCUT2D eigenvalue weighted by Crippen LogP contribution is 1.70. The van der Waals surface area contributed by atoms with Crippen LogP contribution < -0.4 is 5.32 Å². The van der Waals surface area contributed by atoms with Gasteiger partial charge in [0.1, 0.15) is 12.6 Å². The average Bonchev–Trinajstić information content (AvgIpc) is 1.68.